The summed E-state index contributed by atoms with van der Waals surface area (Å²) >= 11 is 12.3. The molecular formula is C21H23Cl2N5. The van der Waals surface area contributed by atoms with Crippen molar-refractivity contribution in [1.82, 2.24) is 14.9 Å². The Hall–Kier alpha value is -2.08. The summed E-state index contributed by atoms with van der Waals surface area (Å²) in [6.45, 7) is 4.41. The molecule has 0 bridgehead atoms. The molecule has 0 atom stereocenters. The number of benzene rings is 2. The van der Waals surface area contributed by atoms with Gasteiger partial charge in [-0.15, -0.1) is 0 Å². The van der Waals surface area contributed by atoms with E-state index >= 15 is 0 Å². The van der Waals surface area contributed by atoms with Crippen LogP contribution in [0, 0.1) is 0 Å². The lowest BCUT2D eigenvalue weighted by Crippen LogP contribution is -2.22. The summed E-state index contributed by atoms with van der Waals surface area (Å²) in [6.07, 6.45) is 3.72. The Balaban J connectivity index is 1.51. The van der Waals surface area contributed by atoms with E-state index in [1.54, 1.807) is 6.07 Å². The maximum Gasteiger partial charge on any atom is 0.225 e. The Morgan fingerprint density at radius 2 is 1.71 bits per heavy atom. The van der Waals surface area contributed by atoms with Crippen molar-refractivity contribution in [2.45, 2.75) is 19.3 Å². The Morgan fingerprint density at radius 1 is 0.964 bits per heavy atom. The van der Waals surface area contributed by atoms with E-state index in [1.165, 1.54) is 25.9 Å². The van der Waals surface area contributed by atoms with E-state index in [9.17, 15) is 0 Å². The third-order valence-electron chi connectivity index (χ3n) is 4.86. The molecule has 4 rings (SSSR count). The molecule has 1 aliphatic rings. The highest BCUT2D eigenvalue weighted by atomic mass is 35.5. The fraction of sp³-hybridized carbons (Fsp3) is 0.333. The number of anilines is 3. The molecule has 146 valence electrons. The van der Waals surface area contributed by atoms with Crippen molar-refractivity contribution < 1.29 is 0 Å². The average molecular weight is 416 g/mol. The van der Waals surface area contributed by atoms with Gasteiger partial charge >= 0.3 is 0 Å². The van der Waals surface area contributed by atoms with Crippen molar-refractivity contribution >= 4 is 51.6 Å². The van der Waals surface area contributed by atoms with Crippen molar-refractivity contribution in [3.05, 3.63) is 52.5 Å². The van der Waals surface area contributed by atoms with Crippen LogP contribution in [0.4, 0.5) is 17.5 Å². The molecule has 2 N–H and O–H groups in total. The lowest BCUT2D eigenvalue weighted by Gasteiger charge is -2.15. The first-order valence-corrected chi connectivity index (χ1v) is 10.4. The van der Waals surface area contributed by atoms with E-state index in [0.29, 0.717) is 16.0 Å². The number of hydrogen-bond acceptors (Lipinski definition) is 5. The fourth-order valence-electron chi connectivity index (χ4n) is 3.52. The van der Waals surface area contributed by atoms with Crippen LogP contribution in [0.25, 0.3) is 10.9 Å². The zero-order valence-electron chi connectivity index (χ0n) is 15.6. The summed E-state index contributed by atoms with van der Waals surface area (Å²) in [5, 5.41) is 8.81. The molecule has 28 heavy (non-hydrogen) atoms. The van der Waals surface area contributed by atoms with Crippen molar-refractivity contribution in [3.8, 4) is 0 Å². The first-order valence-electron chi connectivity index (χ1n) is 9.63. The van der Waals surface area contributed by atoms with E-state index in [2.05, 4.69) is 20.5 Å². The van der Waals surface area contributed by atoms with Crippen LogP contribution in [0.3, 0.4) is 0 Å². The summed E-state index contributed by atoms with van der Waals surface area (Å²) in [4.78, 5) is 11.9. The number of hydrogen-bond donors (Lipinski definition) is 2. The fourth-order valence-corrected chi connectivity index (χ4v) is 4.05. The van der Waals surface area contributed by atoms with Gasteiger partial charge in [-0.2, -0.15) is 4.98 Å². The average Bonchev–Trinajstić information content (AvgIpc) is 3.18. The van der Waals surface area contributed by atoms with Crippen LogP contribution in [0.15, 0.2) is 42.5 Å². The predicted molar refractivity (Wildman–Crippen MR) is 118 cm³/mol. The van der Waals surface area contributed by atoms with Gasteiger partial charge in [0.2, 0.25) is 5.95 Å². The molecule has 5 nitrogen and oxygen atoms in total. The van der Waals surface area contributed by atoms with Gasteiger partial charge in [0.15, 0.2) is 0 Å². The molecule has 3 aromatic rings. The van der Waals surface area contributed by atoms with Gasteiger partial charge in [0, 0.05) is 27.7 Å². The minimum absolute atomic E-state index is 0.577. The Labute approximate surface area is 175 Å². The number of aromatic nitrogens is 2. The minimum Gasteiger partial charge on any atom is -0.354 e. The molecular weight excluding hydrogens is 393 g/mol. The van der Waals surface area contributed by atoms with Gasteiger partial charge in [0.25, 0.3) is 0 Å². The van der Waals surface area contributed by atoms with Crippen LogP contribution in [0.2, 0.25) is 10.0 Å². The Kier molecular flexibility index (Phi) is 6.15. The normalized spacial score (nSPS) is 14.5. The molecule has 1 aromatic heterocycles. The Morgan fingerprint density at radius 3 is 2.50 bits per heavy atom. The van der Waals surface area contributed by atoms with Gasteiger partial charge in [-0.05, 0) is 69.2 Å². The molecule has 0 saturated carbocycles. The van der Waals surface area contributed by atoms with E-state index in [-0.39, 0.29) is 0 Å². The van der Waals surface area contributed by atoms with Gasteiger partial charge in [-0.3, -0.25) is 0 Å². The quantitative estimate of drug-likeness (QED) is 0.493. The van der Waals surface area contributed by atoms with Gasteiger partial charge in [0.1, 0.15) is 5.82 Å². The molecule has 1 aliphatic heterocycles. The number of fused-ring (bicyclic) bond motifs is 1. The number of nitrogens with one attached hydrogen (secondary N) is 2. The van der Waals surface area contributed by atoms with Gasteiger partial charge < -0.3 is 15.5 Å². The van der Waals surface area contributed by atoms with Crippen molar-refractivity contribution in [2.75, 3.05) is 36.8 Å². The molecule has 0 radical (unpaired) electrons. The summed E-state index contributed by atoms with van der Waals surface area (Å²) in [6, 6.07) is 13.3. The second-order valence-corrected chi connectivity index (χ2v) is 7.90. The van der Waals surface area contributed by atoms with Crippen LogP contribution in [0.1, 0.15) is 19.3 Å². The lowest BCUT2D eigenvalue weighted by molar-refractivity contribution is 0.337. The molecule has 0 spiro atoms. The van der Waals surface area contributed by atoms with Crippen LogP contribution in [0.5, 0.6) is 0 Å². The first-order chi connectivity index (χ1) is 13.7. The third kappa shape index (κ3) is 4.85. The molecule has 0 aliphatic carbocycles. The minimum atomic E-state index is 0.577. The van der Waals surface area contributed by atoms with E-state index in [4.69, 9.17) is 28.2 Å². The van der Waals surface area contributed by atoms with Gasteiger partial charge in [-0.1, -0.05) is 35.3 Å². The van der Waals surface area contributed by atoms with E-state index < -0.39 is 0 Å². The summed E-state index contributed by atoms with van der Waals surface area (Å²) in [5.41, 5.74) is 1.68. The van der Waals surface area contributed by atoms with E-state index in [1.807, 2.05) is 36.4 Å². The molecule has 1 fully saturated rings. The molecule has 2 aromatic carbocycles. The molecule has 0 amide bonds. The largest absolute Gasteiger partial charge is 0.354 e. The maximum absolute atomic E-state index is 6.13. The van der Waals surface area contributed by atoms with Gasteiger partial charge in [-0.25, -0.2) is 4.98 Å². The van der Waals surface area contributed by atoms with Crippen molar-refractivity contribution in [2.24, 2.45) is 0 Å². The van der Waals surface area contributed by atoms with Gasteiger partial charge in [0.05, 0.1) is 5.52 Å². The summed E-state index contributed by atoms with van der Waals surface area (Å²) < 4.78 is 0. The monoisotopic (exact) mass is 415 g/mol. The van der Waals surface area contributed by atoms with E-state index in [0.717, 1.165) is 41.9 Å². The summed E-state index contributed by atoms with van der Waals surface area (Å²) in [7, 11) is 0. The van der Waals surface area contributed by atoms with Crippen molar-refractivity contribution in [1.29, 1.82) is 0 Å². The predicted octanol–water partition coefficient (Wildman–Crippen LogP) is 5.58. The van der Waals surface area contributed by atoms with Crippen LogP contribution >= 0.6 is 23.2 Å². The molecule has 0 unspecified atom stereocenters. The molecule has 7 heteroatoms. The number of para-hydroxylation sites is 1. The van der Waals surface area contributed by atoms with Crippen LogP contribution < -0.4 is 10.6 Å². The summed E-state index contributed by atoms with van der Waals surface area (Å²) in [5.74, 6) is 1.35. The van der Waals surface area contributed by atoms with Crippen LogP contribution in [-0.2, 0) is 0 Å². The zero-order valence-corrected chi connectivity index (χ0v) is 17.1. The SMILES string of the molecule is Clc1cc(Cl)cc(Nc2nc(NCCCN3CCCC3)nc3ccccc23)c1. The maximum atomic E-state index is 6.13. The van der Waals surface area contributed by atoms with Crippen molar-refractivity contribution in [3.63, 3.8) is 0 Å². The number of likely N-dealkylation sites (tertiary alicyclic amines) is 1. The number of rotatable bonds is 7. The smallest absolute Gasteiger partial charge is 0.225 e. The zero-order chi connectivity index (χ0) is 19.3. The topological polar surface area (TPSA) is 53.1 Å². The molecule has 1 saturated heterocycles. The highest BCUT2D eigenvalue weighted by Crippen LogP contribution is 2.28. The Bertz CT molecular complexity index is 936. The first kappa shape index (κ1) is 19.2. The highest BCUT2D eigenvalue weighted by Gasteiger charge is 2.11. The molecule has 2 heterocycles. The second-order valence-electron chi connectivity index (χ2n) is 7.03. The number of nitrogens with zero attached hydrogens (tertiary/aromatic N) is 3. The standard InChI is InChI=1S/C21H23Cl2N5/c22-15-12-16(23)14-17(13-15)25-20-18-6-1-2-7-19(18)26-21(27-20)24-8-5-11-28-9-3-4-10-28/h1-2,6-7,12-14H,3-5,8-11H2,(H2,24,25,26,27). The van der Waals surface area contributed by atoms with Crippen LogP contribution in [-0.4, -0.2) is 41.0 Å². The number of halogens is 2. The third-order valence-corrected chi connectivity index (χ3v) is 5.30. The highest BCUT2D eigenvalue weighted by molar-refractivity contribution is 6.35. The lowest BCUT2D eigenvalue weighted by atomic mass is 10.2. The second kappa shape index (κ2) is 8.95.